The number of aryl methyl sites for hydroxylation is 2. The topological polar surface area (TPSA) is 0 Å². The van der Waals surface area contributed by atoms with Crippen LogP contribution in [0.4, 0.5) is 0 Å². The first kappa shape index (κ1) is 21.4. The van der Waals surface area contributed by atoms with Gasteiger partial charge in [-0.25, -0.2) is 0 Å². The molecular formula is C23H36. The number of hydrogen-bond acceptors (Lipinski definition) is 0. The van der Waals surface area contributed by atoms with Crippen molar-refractivity contribution >= 4 is 0 Å². The lowest BCUT2D eigenvalue weighted by atomic mass is 9.86. The van der Waals surface area contributed by atoms with Gasteiger partial charge in [-0.3, -0.25) is 0 Å². The summed E-state index contributed by atoms with van der Waals surface area (Å²) in [6.45, 7) is 15.0. The second-order valence-electron chi connectivity index (χ2n) is 5.53. The maximum Gasteiger partial charge on any atom is 0.00664 e. The summed E-state index contributed by atoms with van der Waals surface area (Å²) in [6.07, 6.45) is 3.46. The minimum atomic E-state index is 0.484. The van der Waals surface area contributed by atoms with Crippen molar-refractivity contribution in [2.75, 3.05) is 0 Å². The van der Waals surface area contributed by atoms with Gasteiger partial charge in [-0.2, -0.15) is 0 Å². The zero-order valence-corrected chi connectivity index (χ0v) is 16.3. The van der Waals surface area contributed by atoms with Crippen LogP contribution in [-0.4, -0.2) is 0 Å². The number of rotatable bonds is 4. The molecule has 0 radical (unpaired) electrons. The molecule has 0 aliphatic rings. The third-order valence-corrected chi connectivity index (χ3v) is 3.81. The normalized spacial score (nSPS) is 9.57. The first-order valence-electron chi connectivity index (χ1n) is 9.34. The van der Waals surface area contributed by atoms with Gasteiger partial charge in [0, 0.05) is 5.92 Å². The monoisotopic (exact) mass is 312 g/mol. The van der Waals surface area contributed by atoms with Crippen molar-refractivity contribution in [1.29, 1.82) is 0 Å². The van der Waals surface area contributed by atoms with Crippen molar-refractivity contribution in [1.82, 2.24) is 0 Å². The number of hydrogen-bond donors (Lipinski definition) is 0. The van der Waals surface area contributed by atoms with E-state index in [1.165, 1.54) is 28.7 Å². The average Bonchev–Trinajstić information content (AvgIpc) is 2.63. The van der Waals surface area contributed by atoms with Gasteiger partial charge in [0.05, 0.1) is 0 Å². The molecule has 0 heteroatoms. The molecule has 2 rings (SSSR count). The molecule has 0 bridgehead atoms. The number of benzene rings is 2. The molecule has 2 aromatic rings. The van der Waals surface area contributed by atoms with Crippen molar-refractivity contribution in [2.24, 2.45) is 0 Å². The van der Waals surface area contributed by atoms with Gasteiger partial charge in [-0.15, -0.1) is 0 Å². The van der Waals surface area contributed by atoms with Crippen LogP contribution >= 0.6 is 0 Å². The fourth-order valence-corrected chi connectivity index (χ4v) is 2.72. The first-order valence-corrected chi connectivity index (χ1v) is 9.34. The van der Waals surface area contributed by atoms with E-state index in [0.29, 0.717) is 5.92 Å². The zero-order valence-electron chi connectivity index (χ0n) is 16.3. The summed E-state index contributed by atoms with van der Waals surface area (Å²) >= 11 is 0. The van der Waals surface area contributed by atoms with Gasteiger partial charge in [-0.05, 0) is 35.1 Å². The van der Waals surface area contributed by atoms with Crippen molar-refractivity contribution in [3.8, 4) is 0 Å². The Hall–Kier alpha value is -1.56. The molecule has 0 unspecified atom stereocenters. The van der Waals surface area contributed by atoms with E-state index < -0.39 is 0 Å². The Labute approximate surface area is 145 Å². The summed E-state index contributed by atoms with van der Waals surface area (Å²) in [7, 11) is 0. The smallest absolute Gasteiger partial charge is 0.00664 e. The van der Waals surface area contributed by atoms with Crippen LogP contribution in [0.2, 0.25) is 0 Å². The molecule has 0 saturated carbocycles. The van der Waals surface area contributed by atoms with E-state index in [2.05, 4.69) is 83.1 Å². The van der Waals surface area contributed by atoms with E-state index in [4.69, 9.17) is 0 Å². The highest BCUT2D eigenvalue weighted by Gasteiger charge is 2.13. The minimum absolute atomic E-state index is 0.484. The van der Waals surface area contributed by atoms with Crippen LogP contribution < -0.4 is 0 Å². The Morgan fingerprint density at radius 1 is 0.652 bits per heavy atom. The SMILES string of the molecule is CC.CCC.CCc1ccccc1C(C)c1ccccc1CC. The molecule has 0 amide bonds. The van der Waals surface area contributed by atoms with E-state index in [9.17, 15) is 0 Å². The molecule has 0 saturated heterocycles. The Kier molecular flexibility index (Phi) is 12.1. The zero-order chi connectivity index (χ0) is 17.7. The van der Waals surface area contributed by atoms with Crippen LogP contribution in [0.25, 0.3) is 0 Å². The summed E-state index contributed by atoms with van der Waals surface area (Å²) in [6, 6.07) is 17.6. The summed E-state index contributed by atoms with van der Waals surface area (Å²) in [5.41, 5.74) is 5.88. The summed E-state index contributed by atoms with van der Waals surface area (Å²) in [4.78, 5) is 0. The molecule has 0 atom stereocenters. The van der Waals surface area contributed by atoms with Crippen molar-refractivity contribution in [3.05, 3.63) is 70.8 Å². The highest BCUT2D eigenvalue weighted by molar-refractivity contribution is 5.41. The molecule has 0 aliphatic heterocycles. The van der Waals surface area contributed by atoms with Gasteiger partial charge in [0.25, 0.3) is 0 Å². The fourth-order valence-electron chi connectivity index (χ4n) is 2.72. The van der Waals surface area contributed by atoms with E-state index in [-0.39, 0.29) is 0 Å². The van der Waals surface area contributed by atoms with Gasteiger partial charge in [-0.1, -0.05) is 103 Å². The van der Waals surface area contributed by atoms with Crippen LogP contribution in [0.1, 0.15) is 83.1 Å². The molecule has 0 fully saturated rings. The molecule has 0 aliphatic carbocycles. The molecule has 128 valence electrons. The average molecular weight is 313 g/mol. The van der Waals surface area contributed by atoms with Crippen molar-refractivity contribution in [3.63, 3.8) is 0 Å². The standard InChI is InChI=1S/C18H22.C3H8.C2H6/c1-4-15-10-6-8-12-17(15)14(3)18-13-9-7-11-16(18)5-2;1-3-2;1-2/h6-14H,4-5H2,1-3H3;3H2,1-2H3;1-2H3. The Bertz CT molecular complexity index is 478. The predicted octanol–water partition coefficient (Wildman–Crippen LogP) is 7.41. The quantitative estimate of drug-likeness (QED) is 0.551. The van der Waals surface area contributed by atoms with E-state index >= 15 is 0 Å². The van der Waals surface area contributed by atoms with Gasteiger partial charge in [0.15, 0.2) is 0 Å². The molecule has 0 N–H and O–H groups in total. The van der Waals surface area contributed by atoms with E-state index in [0.717, 1.165) is 12.8 Å². The lowest BCUT2D eigenvalue weighted by Gasteiger charge is -2.19. The Balaban J connectivity index is 0.000000868. The highest BCUT2D eigenvalue weighted by atomic mass is 14.2. The predicted molar refractivity (Wildman–Crippen MR) is 106 cm³/mol. The van der Waals surface area contributed by atoms with Gasteiger partial charge in [0.2, 0.25) is 0 Å². The Morgan fingerprint density at radius 3 is 1.26 bits per heavy atom. The van der Waals surface area contributed by atoms with Crippen LogP contribution in [0.5, 0.6) is 0 Å². The maximum absolute atomic E-state index is 2.32. The summed E-state index contributed by atoms with van der Waals surface area (Å²) in [5.74, 6) is 0.484. The third kappa shape index (κ3) is 6.60. The summed E-state index contributed by atoms with van der Waals surface area (Å²) < 4.78 is 0. The van der Waals surface area contributed by atoms with Crippen LogP contribution in [-0.2, 0) is 12.8 Å². The van der Waals surface area contributed by atoms with Gasteiger partial charge in [0.1, 0.15) is 0 Å². The molecule has 0 aromatic heterocycles. The summed E-state index contributed by atoms with van der Waals surface area (Å²) in [5, 5.41) is 0. The van der Waals surface area contributed by atoms with Crippen LogP contribution in [0.15, 0.2) is 48.5 Å². The van der Waals surface area contributed by atoms with Gasteiger partial charge >= 0.3 is 0 Å². The maximum atomic E-state index is 2.32. The largest absolute Gasteiger partial charge is 0.0683 e. The van der Waals surface area contributed by atoms with E-state index in [1.54, 1.807) is 0 Å². The fraction of sp³-hybridized carbons (Fsp3) is 0.478. The van der Waals surface area contributed by atoms with Gasteiger partial charge < -0.3 is 0 Å². The molecule has 0 heterocycles. The molecule has 2 aromatic carbocycles. The molecular weight excluding hydrogens is 276 g/mol. The highest BCUT2D eigenvalue weighted by Crippen LogP contribution is 2.29. The lowest BCUT2D eigenvalue weighted by Crippen LogP contribution is -2.03. The van der Waals surface area contributed by atoms with Crippen molar-refractivity contribution < 1.29 is 0 Å². The second-order valence-corrected chi connectivity index (χ2v) is 5.53. The van der Waals surface area contributed by atoms with Crippen LogP contribution in [0.3, 0.4) is 0 Å². The second kappa shape index (κ2) is 12.9. The molecule has 0 nitrogen and oxygen atoms in total. The Morgan fingerprint density at radius 2 is 0.957 bits per heavy atom. The first-order chi connectivity index (χ1) is 11.2. The molecule has 23 heavy (non-hydrogen) atoms. The van der Waals surface area contributed by atoms with Crippen molar-refractivity contribution in [2.45, 2.75) is 73.6 Å². The minimum Gasteiger partial charge on any atom is -0.0683 e. The van der Waals surface area contributed by atoms with Crippen LogP contribution in [0, 0.1) is 0 Å². The lowest BCUT2D eigenvalue weighted by molar-refractivity contribution is 0.871. The molecule has 0 spiro atoms. The third-order valence-electron chi connectivity index (χ3n) is 3.81. The van der Waals surface area contributed by atoms with E-state index in [1.807, 2.05) is 13.8 Å².